The fraction of sp³-hybridized carbons (Fsp3) is 0.533. The largest absolute Gasteiger partial charge is 0.508 e. The molecule has 5 nitrogen and oxygen atoms in total. The molecule has 0 bridgehead atoms. The third kappa shape index (κ3) is 4.21. The van der Waals surface area contributed by atoms with E-state index in [0.29, 0.717) is 5.56 Å². The Balaban J connectivity index is 1.77. The average molecular weight is 278 g/mol. The van der Waals surface area contributed by atoms with Gasteiger partial charge >= 0.3 is 0 Å². The second-order valence-corrected chi connectivity index (χ2v) is 5.15. The zero-order valence-electron chi connectivity index (χ0n) is 11.8. The van der Waals surface area contributed by atoms with Crippen molar-refractivity contribution in [2.75, 3.05) is 33.4 Å². The molecule has 0 saturated carbocycles. The molecular formula is C15H22N2O3. The predicted octanol–water partition coefficient (Wildman–Crippen LogP) is 0.772. The lowest BCUT2D eigenvalue weighted by Gasteiger charge is -2.16. The number of nitrogens with one attached hydrogen (secondary N) is 1. The third-order valence-electron chi connectivity index (χ3n) is 3.59. The van der Waals surface area contributed by atoms with Gasteiger partial charge in [-0.05, 0) is 12.5 Å². The van der Waals surface area contributed by atoms with E-state index in [1.807, 2.05) is 6.07 Å². The first-order valence-corrected chi connectivity index (χ1v) is 6.96. The Morgan fingerprint density at radius 1 is 1.50 bits per heavy atom. The summed E-state index contributed by atoms with van der Waals surface area (Å²) in [4.78, 5) is 14.3. The van der Waals surface area contributed by atoms with Crippen LogP contribution in [0, 0.1) is 0 Å². The standard InChI is InChI=1S/C15H22N2O3/c1-20-9-8-17-7-6-13(11-17)16-15(19)10-12-4-2-3-5-14(12)18/h2-5,13,18H,6-11H2,1H3,(H,16,19)/t13-/m0/s1. The topological polar surface area (TPSA) is 61.8 Å². The molecule has 0 unspecified atom stereocenters. The van der Waals surface area contributed by atoms with Gasteiger partial charge in [-0.25, -0.2) is 0 Å². The van der Waals surface area contributed by atoms with Crippen LogP contribution in [0.1, 0.15) is 12.0 Å². The fourth-order valence-corrected chi connectivity index (χ4v) is 2.49. The molecule has 1 amide bonds. The van der Waals surface area contributed by atoms with Crippen LogP contribution in [0.2, 0.25) is 0 Å². The van der Waals surface area contributed by atoms with Crippen LogP contribution in [-0.4, -0.2) is 55.3 Å². The lowest BCUT2D eigenvalue weighted by molar-refractivity contribution is -0.121. The number of phenols is 1. The minimum atomic E-state index is -0.0370. The van der Waals surface area contributed by atoms with Crippen molar-refractivity contribution in [3.8, 4) is 5.75 Å². The van der Waals surface area contributed by atoms with Crippen molar-refractivity contribution in [1.82, 2.24) is 10.2 Å². The molecule has 1 aliphatic rings. The maximum atomic E-state index is 12.0. The van der Waals surface area contributed by atoms with E-state index < -0.39 is 0 Å². The Kier molecular flexibility index (Phi) is 5.38. The molecule has 110 valence electrons. The number of likely N-dealkylation sites (tertiary alicyclic amines) is 1. The van der Waals surface area contributed by atoms with Gasteiger partial charge in [-0.1, -0.05) is 18.2 Å². The van der Waals surface area contributed by atoms with Crippen LogP contribution in [0.5, 0.6) is 5.75 Å². The van der Waals surface area contributed by atoms with Crippen LogP contribution in [0.25, 0.3) is 0 Å². The Morgan fingerprint density at radius 2 is 2.30 bits per heavy atom. The quantitative estimate of drug-likeness (QED) is 0.807. The first-order valence-electron chi connectivity index (χ1n) is 6.96. The van der Waals surface area contributed by atoms with Gasteiger partial charge in [0.15, 0.2) is 0 Å². The normalized spacial score (nSPS) is 19.1. The highest BCUT2D eigenvalue weighted by atomic mass is 16.5. The number of rotatable bonds is 6. The van der Waals surface area contributed by atoms with Crippen molar-refractivity contribution in [2.24, 2.45) is 0 Å². The van der Waals surface area contributed by atoms with Gasteiger partial charge in [0.1, 0.15) is 5.75 Å². The molecule has 0 aromatic heterocycles. The van der Waals surface area contributed by atoms with E-state index >= 15 is 0 Å². The van der Waals surface area contributed by atoms with E-state index in [2.05, 4.69) is 10.2 Å². The lowest BCUT2D eigenvalue weighted by Crippen LogP contribution is -2.38. The van der Waals surface area contributed by atoms with E-state index in [1.165, 1.54) is 0 Å². The number of amides is 1. The number of nitrogens with zero attached hydrogens (tertiary/aromatic N) is 1. The van der Waals surface area contributed by atoms with E-state index in [-0.39, 0.29) is 24.1 Å². The summed E-state index contributed by atoms with van der Waals surface area (Å²) in [5, 5.41) is 12.7. The van der Waals surface area contributed by atoms with Crippen molar-refractivity contribution in [3.05, 3.63) is 29.8 Å². The first-order chi connectivity index (χ1) is 9.69. The summed E-state index contributed by atoms with van der Waals surface area (Å²) in [6.45, 7) is 3.49. The van der Waals surface area contributed by atoms with Gasteiger partial charge in [0.2, 0.25) is 5.91 Å². The van der Waals surface area contributed by atoms with Crippen molar-refractivity contribution >= 4 is 5.91 Å². The monoisotopic (exact) mass is 278 g/mol. The van der Waals surface area contributed by atoms with Gasteiger partial charge in [-0.2, -0.15) is 0 Å². The van der Waals surface area contributed by atoms with Crippen molar-refractivity contribution in [2.45, 2.75) is 18.9 Å². The SMILES string of the molecule is COCCN1CC[C@H](NC(=O)Cc2ccccc2O)C1. The number of ether oxygens (including phenoxy) is 1. The smallest absolute Gasteiger partial charge is 0.224 e. The van der Waals surface area contributed by atoms with E-state index in [1.54, 1.807) is 25.3 Å². The number of benzene rings is 1. The Labute approximate surface area is 119 Å². The van der Waals surface area contributed by atoms with Crippen LogP contribution in [-0.2, 0) is 16.0 Å². The number of para-hydroxylation sites is 1. The summed E-state index contributed by atoms with van der Waals surface area (Å²) in [7, 11) is 1.70. The zero-order valence-corrected chi connectivity index (χ0v) is 11.8. The van der Waals surface area contributed by atoms with Crippen molar-refractivity contribution in [1.29, 1.82) is 0 Å². The maximum Gasteiger partial charge on any atom is 0.224 e. The zero-order chi connectivity index (χ0) is 14.4. The Hall–Kier alpha value is -1.59. The molecule has 1 saturated heterocycles. The first kappa shape index (κ1) is 14.8. The minimum absolute atomic E-state index is 0.0370. The van der Waals surface area contributed by atoms with Crippen LogP contribution in [0.15, 0.2) is 24.3 Å². The molecule has 2 N–H and O–H groups in total. The highest BCUT2D eigenvalue weighted by Crippen LogP contribution is 2.16. The molecule has 1 aromatic carbocycles. The Bertz CT molecular complexity index is 450. The summed E-state index contributed by atoms with van der Waals surface area (Å²) in [5.74, 6) is 0.140. The molecule has 1 aliphatic heterocycles. The highest BCUT2D eigenvalue weighted by Gasteiger charge is 2.23. The number of carbonyl (C=O) groups is 1. The third-order valence-corrected chi connectivity index (χ3v) is 3.59. The number of hydrogen-bond donors (Lipinski definition) is 2. The van der Waals surface area contributed by atoms with Gasteiger partial charge in [0.05, 0.1) is 13.0 Å². The molecule has 5 heteroatoms. The summed E-state index contributed by atoms with van der Waals surface area (Å²) in [5.41, 5.74) is 0.666. The molecule has 0 aliphatic carbocycles. The second-order valence-electron chi connectivity index (χ2n) is 5.15. The van der Waals surface area contributed by atoms with Gasteiger partial charge in [0, 0.05) is 38.3 Å². The van der Waals surface area contributed by atoms with Crippen LogP contribution < -0.4 is 5.32 Å². The predicted molar refractivity (Wildman–Crippen MR) is 76.7 cm³/mol. The molecule has 1 aromatic rings. The fourth-order valence-electron chi connectivity index (χ4n) is 2.49. The molecular weight excluding hydrogens is 256 g/mol. The summed E-state index contributed by atoms with van der Waals surface area (Å²) in [6.07, 6.45) is 1.19. The van der Waals surface area contributed by atoms with Crippen LogP contribution in [0.4, 0.5) is 0 Å². The number of carbonyl (C=O) groups excluding carboxylic acids is 1. The summed E-state index contributed by atoms with van der Waals surface area (Å²) < 4.78 is 5.06. The Morgan fingerprint density at radius 3 is 3.05 bits per heavy atom. The minimum Gasteiger partial charge on any atom is -0.508 e. The van der Waals surface area contributed by atoms with Crippen LogP contribution >= 0.6 is 0 Å². The molecule has 0 radical (unpaired) electrons. The van der Waals surface area contributed by atoms with Crippen molar-refractivity contribution in [3.63, 3.8) is 0 Å². The lowest BCUT2D eigenvalue weighted by atomic mass is 10.1. The molecule has 20 heavy (non-hydrogen) atoms. The maximum absolute atomic E-state index is 12.0. The molecule has 1 atom stereocenters. The second kappa shape index (κ2) is 7.26. The highest BCUT2D eigenvalue weighted by molar-refractivity contribution is 5.79. The number of hydrogen-bond acceptors (Lipinski definition) is 4. The van der Waals surface area contributed by atoms with Crippen molar-refractivity contribution < 1.29 is 14.6 Å². The van der Waals surface area contributed by atoms with Gasteiger partial charge < -0.3 is 15.2 Å². The number of aromatic hydroxyl groups is 1. The van der Waals surface area contributed by atoms with Gasteiger partial charge in [-0.15, -0.1) is 0 Å². The van der Waals surface area contributed by atoms with Gasteiger partial charge in [0.25, 0.3) is 0 Å². The summed E-state index contributed by atoms with van der Waals surface area (Å²) in [6, 6.07) is 7.15. The molecule has 1 fully saturated rings. The van der Waals surface area contributed by atoms with Gasteiger partial charge in [-0.3, -0.25) is 9.69 Å². The van der Waals surface area contributed by atoms with E-state index in [9.17, 15) is 9.90 Å². The van der Waals surface area contributed by atoms with E-state index in [0.717, 1.165) is 32.7 Å². The molecule has 1 heterocycles. The molecule has 2 rings (SSSR count). The number of methoxy groups -OCH3 is 1. The van der Waals surface area contributed by atoms with E-state index in [4.69, 9.17) is 4.74 Å². The number of phenolic OH excluding ortho intramolecular Hbond substituents is 1. The molecule has 0 spiro atoms. The van der Waals surface area contributed by atoms with Crippen LogP contribution in [0.3, 0.4) is 0 Å². The summed E-state index contributed by atoms with van der Waals surface area (Å²) >= 11 is 0. The average Bonchev–Trinajstić information content (AvgIpc) is 2.86.